The third kappa shape index (κ3) is 5.13. The van der Waals surface area contributed by atoms with Gasteiger partial charge in [0.2, 0.25) is 0 Å². The van der Waals surface area contributed by atoms with Crippen LogP contribution in [0.2, 0.25) is 0 Å². The van der Waals surface area contributed by atoms with Gasteiger partial charge in [-0.3, -0.25) is 4.90 Å². The summed E-state index contributed by atoms with van der Waals surface area (Å²) in [4.78, 5) is 16.3. The molecule has 0 spiro atoms. The topological polar surface area (TPSA) is 53.0 Å². The molecule has 0 aromatic rings. The molecule has 1 saturated heterocycles. The van der Waals surface area contributed by atoms with Crippen LogP contribution < -0.4 is 0 Å². The van der Waals surface area contributed by atoms with E-state index < -0.39 is 5.60 Å². The molecule has 1 atom stereocenters. The second kappa shape index (κ2) is 7.64. The molecule has 0 radical (unpaired) electrons. The number of nitrogens with zero attached hydrogens (tertiary/aromatic N) is 2. The number of hydrogen-bond acceptors (Lipinski definition) is 4. The summed E-state index contributed by atoms with van der Waals surface area (Å²) in [5, 5.41) is 9.70. The fourth-order valence-electron chi connectivity index (χ4n) is 3.50. The van der Waals surface area contributed by atoms with Crippen LogP contribution in [0.15, 0.2) is 0 Å². The molecule has 1 aliphatic carbocycles. The minimum atomic E-state index is -0.467. The molecule has 2 aliphatic rings. The van der Waals surface area contributed by atoms with Gasteiger partial charge in [-0.15, -0.1) is 0 Å². The largest absolute Gasteiger partial charge is 0.444 e. The van der Waals surface area contributed by atoms with E-state index >= 15 is 0 Å². The monoisotopic (exact) mass is 312 g/mol. The minimum Gasteiger partial charge on any atom is -0.444 e. The predicted molar refractivity (Wildman–Crippen MR) is 86.8 cm³/mol. The van der Waals surface area contributed by atoms with Crippen molar-refractivity contribution in [3.63, 3.8) is 0 Å². The zero-order valence-electron chi connectivity index (χ0n) is 14.4. The Morgan fingerprint density at radius 2 is 1.86 bits per heavy atom. The van der Waals surface area contributed by atoms with Crippen molar-refractivity contribution < 1.29 is 14.6 Å². The maximum atomic E-state index is 12.2. The number of hydrogen-bond donors (Lipinski definition) is 1. The average molecular weight is 312 g/mol. The first kappa shape index (κ1) is 17.5. The lowest BCUT2D eigenvalue weighted by molar-refractivity contribution is -0.00866. The third-order valence-electron chi connectivity index (χ3n) is 4.68. The number of aliphatic hydroxyl groups is 1. The van der Waals surface area contributed by atoms with Crippen molar-refractivity contribution >= 4 is 6.09 Å². The summed E-state index contributed by atoms with van der Waals surface area (Å²) in [7, 11) is 0. The SMILES string of the molecule is CC(C)(C)OC(=O)N1CCN(CC2CCCCC2)[C@@H](CO)C1. The van der Waals surface area contributed by atoms with E-state index in [4.69, 9.17) is 4.74 Å². The molecule has 0 unspecified atom stereocenters. The fraction of sp³-hybridized carbons (Fsp3) is 0.941. The van der Waals surface area contributed by atoms with Crippen LogP contribution in [0, 0.1) is 5.92 Å². The van der Waals surface area contributed by atoms with Crippen LogP contribution in [-0.4, -0.2) is 65.4 Å². The van der Waals surface area contributed by atoms with E-state index in [1.54, 1.807) is 4.90 Å². The first-order valence-corrected chi connectivity index (χ1v) is 8.72. The summed E-state index contributed by atoms with van der Waals surface area (Å²) in [6, 6.07) is 0.0446. The molecular formula is C17H32N2O3. The zero-order chi connectivity index (χ0) is 16.2. The highest BCUT2D eigenvalue weighted by Crippen LogP contribution is 2.26. The van der Waals surface area contributed by atoms with Gasteiger partial charge in [-0.2, -0.15) is 0 Å². The van der Waals surface area contributed by atoms with E-state index in [1.807, 2.05) is 20.8 Å². The molecule has 128 valence electrons. The van der Waals surface area contributed by atoms with Gasteiger partial charge in [-0.05, 0) is 39.5 Å². The second-order valence-electron chi connectivity index (χ2n) is 7.76. The van der Waals surface area contributed by atoms with Gasteiger partial charge in [0.05, 0.1) is 12.6 Å². The van der Waals surface area contributed by atoms with Gasteiger partial charge < -0.3 is 14.7 Å². The minimum absolute atomic E-state index is 0.0446. The number of piperazine rings is 1. The fourth-order valence-corrected chi connectivity index (χ4v) is 3.50. The Hall–Kier alpha value is -0.810. The summed E-state index contributed by atoms with van der Waals surface area (Å²) in [6.45, 7) is 8.91. The van der Waals surface area contributed by atoms with Gasteiger partial charge in [-0.25, -0.2) is 4.79 Å². The maximum absolute atomic E-state index is 12.2. The summed E-state index contributed by atoms with van der Waals surface area (Å²) < 4.78 is 5.44. The number of amides is 1. The highest BCUT2D eigenvalue weighted by molar-refractivity contribution is 5.68. The van der Waals surface area contributed by atoms with Crippen molar-refractivity contribution in [1.82, 2.24) is 9.80 Å². The highest BCUT2D eigenvalue weighted by Gasteiger charge is 2.32. The Bertz CT molecular complexity index is 361. The van der Waals surface area contributed by atoms with Gasteiger partial charge in [0.15, 0.2) is 0 Å². The molecule has 1 saturated carbocycles. The van der Waals surface area contributed by atoms with Gasteiger partial charge in [0, 0.05) is 26.2 Å². The molecule has 0 bridgehead atoms. The number of carbonyl (C=O) groups excluding carboxylic acids is 1. The van der Waals surface area contributed by atoms with Crippen LogP contribution in [0.4, 0.5) is 4.79 Å². The van der Waals surface area contributed by atoms with Crippen molar-refractivity contribution in [2.24, 2.45) is 5.92 Å². The lowest BCUT2D eigenvalue weighted by Gasteiger charge is -2.42. The zero-order valence-corrected chi connectivity index (χ0v) is 14.4. The molecule has 2 fully saturated rings. The van der Waals surface area contributed by atoms with Crippen molar-refractivity contribution in [2.75, 3.05) is 32.8 Å². The van der Waals surface area contributed by atoms with Crippen LogP contribution in [-0.2, 0) is 4.74 Å². The van der Waals surface area contributed by atoms with Crippen molar-refractivity contribution in [3.05, 3.63) is 0 Å². The number of rotatable bonds is 3. The third-order valence-corrected chi connectivity index (χ3v) is 4.68. The van der Waals surface area contributed by atoms with E-state index in [0.717, 1.165) is 19.0 Å². The van der Waals surface area contributed by atoms with Gasteiger partial charge >= 0.3 is 6.09 Å². The highest BCUT2D eigenvalue weighted by atomic mass is 16.6. The second-order valence-corrected chi connectivity index (χ2v) is 7.76. The Morgan fingerprint density at radius 3 is 2.45 bits per heavy atom. The van der Waals surface area contributed by atoms with Gasteiger partial charge in [0.25, 0.3) is 0 Å². The van der Waals surface area contributed by atoms with Crippen LogP contribution in [0.3, 0.4) is 0 Å². The summed E-state index contributed by atoms with van der Waals surface area (Å²) >= 11 is 0. The smallest absolute Gasteiger partial charge is 0.410 e. The van der Waals surface area contributed by atoms with Crippen LogP contribution >= 0.6 is 0 Å². The number of ether oxygens (including phenoxy) is 1. The molecule has 22 heavy (non-hydrogen) atoms. The van der Waals surface area contributed by atoms with Crippen molar-refractivity contribution in [3.8, 4) is 0 Å². The molecule has 1 aliphatic heterocycles. The average Bonchev–Trinajstić information content (AvgIpc) is 2.47. The Kier molecular flexibility index (Phi) is 6.09. The number of aliphatic hydroxyl groups excluding tert-OH is 1. The Balaban J connectivity index is 1.86. The van der Waals surface area contributed by atoms with Gasteiger partial charge in [-0.1, -0.05) is 19.3 Å². The lowest BCUT2D eigenvalue weighted by Crippen LogP contribution is -2.57. The van der Waals surface area contributed by atoms with Crippen molar-refractivity contribution in [1.29, 1.82) is 0 Å². The Labute approximate surface area is 134 Å². The Morgan fingerprint density at radius 1 is 1.18 bits per heavy atom. The molecule has 1 amide bonds. The summed E-state index contributed by atoms with van der Waals surface area (Å²) in [5.41, 5.74) is -0.467. The molecule has 0 aromatic heterocycles. The van der Waals surface area contributed by atoms with E-state index in [2.05, 4.69) is 4.90 Å². The first-order chi connectivity index (χ1) is 10.4. The molecule has 2 rings (SSSR count). The molecule has 1 N–H and O–H groups in total. The van der Waals surface area contributed by atoms with E-state index in [9.17, 15) is 9.90 Å². The standard InChI is InChI=1S/C17H32N2O3/c1-17(2,3)22-16(21)19-10-9-18(15(12-19)13-20)11-14-7-5-4-6-8-14/h14-15,20H,4-13H2,1-3H3/t15-/m1/s1. The van der Waals surface area contributed by atoms with E-state index in [0.29, 0.717) is 13.1 Å². The molecular weight excluding hydrogens is 280 g/mol. The molecule has 1 heterocycles. The quantitative estimate of drug-likeness (QED) is 0.870. The first-order valence-electron chi connectivity index (χ1n) is 8.72. The van der Waals surface area contributed by atoms with Gasteiger partial charge in [0.1, 0.15) is 5.60 Å². The summed E-state index contributed by atoms with van der Waals surface area (Å²) in [6.07, 6.45) is 6.41. The van der Waals surface area contributed by atoms with E-state index in [1.165, 1.54) is 32.1 Å². The molecule has 5 heteroatoms. The van der Waals surface area contributed by atoms with Crippen LogP contribution in [0.1, 0.15) is 52.9 Å². The van der Waals surface area contributed by atoms with Crippen molar-refractivity contribution in [2.45, 2.75) is 64.5 Å². The normalized spacial score (nSPS) is 25.3. The van der Waals surface area contributed by atoms with Crippen LogP contribution in [0.25, 0.3) is 0 Å². The predicted octanol–water partition coefficient (Wildman–Crippen LogP) is 2.48. The van der Waals surface area contributed by atoms with E-state index in [-0.39, 0.29) is 18.7 Å². The lowest BCUT2D eigenvalue weighted by atomic mass is 9.88. The number of carbonyl (C=O) groups is 1. The molecule has 5 nitrogen and oxygen atoms in total. The molecule has 0 aromatic carbocycles. The maximum Gasteiger partial charge on any atom is 0.410 e. The van der Waals surface area contributed by atoms with Crippen LogP contribution in [0.5, 0.6) is 0 Å². The summed E-state index contributed by atoms with van der Waals surface area (Å²) in [5.74, 6) is 0.760.